The van der Waals surface area contributed by atoms with Gasteiger partial charge < -0.3 is 25.1 Å². The quantitative estimate of drug-likeness (QED) is 0.545. The van der Waals surface area contributed by atoms with E-state index in [0.29, 0.717) is 29.7 Å². The molecule has 3 N–H and O–H groups in total. The topological polar surface area (TPSA) is 73.8 Å². The van der Waals surface area contributed by atoms with Gasteiger partial charge in [0.25, 0.3) is 0 Å². The van der Waals surface area contributed by atoms with Gasteiger partial charge in [-0.15, -0.1) is 0 Å². The summed E-state index contributed by atoms with van der Waals surface area (Å²) in [6.07, 6.45) is 0. The predicted molar refractivity (Wildman–Crippen MR) is 106 cm³/mol. The summed E-state index contributed by atoms with van der Waals surface area (Å²) in [5.74, 6) is 1.71. The van der Waals surface area contributed by atoms with Gasteiger partial charge in [-0.2, -0.15) is 0 Å². The van der Waals surface area contributed by atoms with Crippen molar-refractivity contribution in [1.82, 2.24) is 4.57 Å². The van der Waals surface area contributed by atoms with Crippen LogP contribution >= 0.6 is 0 Å². The molecule has 1 heterocycles. The van der Waals surface area contributed by atoms with Gasteiger partial charge in [-0.25, -0.2) is 4.99 Å². The number of hydrogen-bond donors (Lipinski definition) is 2. The summed E-state index contributed by atoms with van der Waals surface area (Å²) in [4.78, 5) is 4.50. The summed E-state index contributed by atoms with van der Waals surface area (Å²) in [6, 6.07) is 13.8. The van der Waals surface area contributed by atoms with E-state index in [-0.39, 0.29) is 0 Å². The summed E-state index contributed by atoms with van der Waals surface area (Å²) in [6.45, 7) is 2.60. The van der Waals surface area contributed by atoms with Gasteiger partial charge in [0.15, 0.2) is 5.96 Å². The Morgan fingerprint density at radius 2 is 1.92 bits per heavy atom. The average molecular weight is 352 g/mol. The van der Waals surface area contributed by atoms with Gasteiger partial charge in [0, 0.05) is 29.7 Å². The molecule has 2 aromatic carbocycles. The fourth-order valence-corrected chi connectivity index (χ4v) is 3.11. The molecule has 0 radical (unpaired) electrons. The first-order chi connectivity index (χ1) is 12.5. The fourth-order valence-electron chi connectivity index (χ4n) is 3.11. The van der Waals surface area contributed by atoms with Gasteiger partial charge in [0.1, 0.15) is 11.5 Å². The van der Waals surface area contributed by atoms with Crippen LogP contribution in [0.4, 0.5) is 5.69 Å². The molecular formula is C20H24N4O2. The second-order valence-corrected chi connectivity index (χ2v) is 6.04. The van der Waals surface area contributed by atoms with E-state index in [1.807, 2.05) is 30.3 Å². The highest BCUT2D eigenvalue weighted by molar-refractivity contribution is 5.94. The summed E-state index contributed by atoms with van der Waals surface area (Å²) in [5.41, 5.74) is 10.4. The highest BCUT2D eigenvalue weighted by atomic mass is 16.5. The number of anilines is 1. The van der Waals surface area contributed by atoms with E-state index in [1.165, 1.54) is 16.5 Å². The third-order valence-electron chi connectivity index (χ3n) is 4.58. The number of rotatable bonds is 5. The molecule has 0 spiro atoms. The van der Waals surface area contributed by atoms with E-state index in [1.54, 1.807) is 14.2 Å². The normalized spacial score (nSPS) is 11.6. The monoisotopic (exact) mass is 352 g/mol. The molecule has 3 aromatic rings. The van der Waals surface area contributed by atoms with Crippen molar-refractivity contribution in [3.63, 3.8) is 0 Å². The minimum absolute atomic E-state index is 0.321. The number of nitrogens with one attached hydrogen (secondary N) is 1. The van der Waals surface area contributed by atoms with Crippen molar-refractivity contribution in [2.45, 2.75) is 13.5 Å². The van der Waals surface area contributed by atoms with Gasteiger partial charge >= 0.3 is 0 Å². The third kappa shape index (κ3) is 3.31. The van der Waals surface area contributed by atoms with Crippen molar-refractivity contribution < 1.29 is 9.47 Å². The van der Waals surface area contributed by atoms with Crippen LogP contribution in [0.2, 0.25) is 0 Å². The number of guanidine groups is 1. The number of benzene rings is 2. The number of aliphatic imine (C=N–C) groups is 1. The number of nitrogens with two attached hydrogens (primary N) is 1. The summed E-state index contributed by atoms with van der Waals surface area (Å²) < 4.78 is 12.8. The van der Waals surface area contributed by atoms with Crippen LogP contribution in [0.1, 0.15) is 11.3 Å². The molecule has 26 heavy (non-hydrogen) atoms. The van der Waals surface area contributed by atoms with Crippen molar-refractivity contribution in [1.29, 1.82) is 0 Å². The van der Waals surface area contributed by atoms with E-state index in [2.05, 4.69) is 41.0 Å². The second kappa shape index (κ2) is 7.39. The number of hydrogen-bond acceptors (Lipinski definition) is 3. The molecule has 3 rings (SSSR count). The molecule has 0 aliphatic rings. The van der Waals surface area contributed by atoms with Crippen molar-refractivity contribution in [3.8, 4) is 11.5 Å². The maximum atomic E-state index is 6.10. The van der Waals surface area contributed by atoms with E-state index in [0.717, 1.165) is 5.69 Å². The number of ether oxygens (including phenoxy) is 2. The number of nitrogens with zero attached hydrogens (tertiary/aromatic N) is 2. The molecule has 0 saturated carbocycles. The largest absolute Gasteiger partial charge is 0.497 e. The molecule has 0 amide bonds. The Morgan fingerprint density at radius 1 is 1.15 bits per heavy atom. The van der Waals surface area contributed by atoms with Crippen molar-refractivity contribution in [2.75, 3.05) is 19.5 Å². The number of aromatic nitrogens is 1. The van der Waals surface area contributed by atoms with Crippen LogP contribution in [0.5, 0.6) is 11.5 Å². The Morgan fingerprint density at radius 3 is 2.62 bits per heavy atom. The molecule has 0 fully saturated rings. The third-order valence-corrected chi connectivity index (χ3v) is 4.58. The van der Waals surface area contributed by atoms with Gasteiger partial charge in [0.05, 0.1) is 26.5 Å². The number of methoxy groups -OCH3 is 2. The van der Waals surface area contributed by atoms with Crippen LogP contribution in [0.3, 0.4) is 0 Å². The highest BCUT2D eigenvalue weighted by Gasteiger charge is 2.11. The van der Waals surface area contributed by atoms with E-state index in [9.17, 15) is 0 Å². The maximum Gasteiger partial charge on any atom is 0.193 e. The standard InChI is InChI=1S/C20H24N4O2/c1-13-15-7-5-6-8-17(15)24(2)18(13)12-22-20(21)23-16-11-14(25-3)9-10-19(16)26-4/h5-11H,12H2,1-4H3,(H3,21,22,23). The number of fused-ring (bicyclic) bond motifs is 1. The van der Waals surface area contributed by atoms with E-state index in [4.69, 9.17) is 15.2 Å². The van der Waals surface area contributed by atoms with E-state index < -0.39 is 0 Å². The minimum Gasteiger partial charge on any atom is -0.497 e. The highest BCUT2D eigenvalue weighted by Crippen LogP contribution is 2.29. The lowest BCUT2D eigenvalue weighted by molar-refractivity contribution is 0.405. The Labute approximate surface area is 153 Å². The molecular weight excluding hydrogens is 328 g/mol. The summed E-state index contributed by atoms with van der Waals surface area (Å²) in [7, 11) is 5.28. The van der Waals surface area contributed by atoms with Gasteiger partial charge in [-0.1, -0.05) is 18.2 Å². The van der Waals surface area contributed by atoms with Crippen LogP contribution in [-0.2, 0) is 13.6 Å². The fraction of sp³-hybridized carbons (Fsp3) is 0.250. The van der Waals surface area contributed by atoms with Gasteiger partial charge in [-0.3, -0.25) is 0 Å². The first-order valence-corrected chi connectivity index (χ1v) is 8.37. The van der Waals surface area contributed by atoms with Crippen molar-refractivity contribution in [2.24, 2.45) is 17.8 Å². The lowest BCUT2D eigenvalue weighted by Crippen LogP contribution is -2.23. The van der Waals surface area contributed by atoms with Crippen LogP contribution in [0, 0.1) is 6.92 Å². The molecule has 136 valence electrons. The average Bonchev–Trinajstić information content (AvgIpc) is 2.91. The second-order valence-electron chi connectivity index (χ2n) is 6.04. The SMILES string of the molecule is COc1ccc(OC)c(NC(N)=NCc2c(C)c3ccccc3n2C)c1. The molecule has 1 aromatic heterocycles. The van der Waals surface area contributed by atoms with E-state index >= 15 is 0 Å². The smallest absolute Gasteiger partial charge is 0.193 e. The molecule has 0 atom stereocenters. The molecule has 6 nitrogen and oxygen atoms in total. The molecule has 0 bridgehead atoms. The minimum atomic E-state index is 0.321. The Bertz CT molecular complexity index is 921. The zero-order valence-electron chi connectivity index (χ0n) is 15.5. The number of para-hydroxylation sites is 1. The Balaban J connectivity index is 1.84. The van der Waals surface area contributed by atoms with Crippen LogP contribution in [0.15, 0.2) is 47.5 Å². The zero-order valence-corrected chi connectivity index (χ0v) is 15.5. The van der Waals surface area contributed by atoms with Crippen LogP contribution in [0.25, 0.3) is 10.9 Å². The predicted octanol–water partition coefficient (Wildman–Crippen LogP) is 3.43. The van der Waals surface area contributed by atoms with Crippen LogP contribution < -0.4 is 20.5 Å². The zero-order chi connectivity index (χ0) is 18.7. The first-order valence-electron chi connectivity index (χ1n) is 8.37. The molecule has 0 aliphatic heterocycles. The van der Waals surface area contributed by atoms with Crippen molar-refractivity contribution in [3.05, 3.63) is 53.7 Å². The lowest BCUT2D eigenvalue weighted by Gasteiger charge is -2.12. The molecule has 0 unspecified atom stereocenters. The van der Waals surface area contributed by atoms with Gasteiger partial charge in [0.2, 0.25) is 0 Å². The molecule has 0 saturated heterocycles. The maximum absolute atomic E-state index is 6.10. The van der Waals surface area contributed by atoms with Gasteiger partial charge in [-0.05, 0) is 30.7 Å². The Kier molecular flexibility index (Phi) is 5.02. The summed E-state index contributed by atoms with van der Waals surface area (Å²) in [5, 5.41) is 4.33. The van der Waals surface area contributed by atoms with Crippen LogP contribution in [-0.4, -0.2) is 24.7 Å². The van der Waals surface area contributed by atoms with Crippen molar-refractivity contribution >= 4 is 22.5 Å². The molecule has 6 heteroatoms. The summed E-state index contributed by atoms with van der Waals surface area (Å²) >= 11 is 0. The number of aryl methyl sites for hydroxylation is 2. The lowest BCUT2D eigenvalue weighted by atomic mass is 10.1. The first kappa shape index (κ1) is 17.7. The molecule has 0 aliphatic carbocycles. The Hall–Kier alpha value is -3.15.